The lowest BCUT2D eigenvalue weighted by atomic mass is 10.3. The highest BCUT2D eigenvalue weighted by atomic mass is 32.1. The third kappa shape index (κ3) is 1.49. The summed E-state index contributed by atoms with van der Waals surface area (Å²) in [5.74, 6) is 2.42. The number of thiazole rings is 1. The third-order valence-corrected chi connectivity index (χ3v) is 3.72. The van der Waals surface area contributed by atoms with E-state index in [1.54, 1.807) is 0 Å². The minimum atomic E-state index is 0.575. The van der Waals surface area contributed by atoms with Crippen LogP contribution in [0, 0.1) is 6.92 Å². The van der Waals surface area contributed by atoms with Crippen molar-refractivity contribution in [3.05, 3.63) is 11.5 Å². The standard InChI is InChI=1S/C10H13N5S/c1-5-7(16-10(11)12-5)9-13-8(6-3-4-6)14-15(9)2/h6H,3-4H2,1-2H3,(H2,11,12). The van der Waals surface area contributed by atoms with E-state index in [2.05, 4.69) is 15.1 Å². The molecule has 0 unspecified atom stereocenters. The molecular formula is C10H13N5S. The van der Waals surface area contributed by atoms with Gasteiger partial charge in [0.05, 0.1) is 10.6 Å². The van der Waals surface area contributed by atoms with E-state index in [0.29, 0.717) is 11.0 Å². The zero-order valence-electron chi connectivity index (χ0n) is 9.27. The van der Waals surface area contributed by atoms with E-state index in [9.17, 15) is 0 Å². The Balaban J connectivity index is 2.08. The predicted molar refractivity (Wildman–Crippen MR) is 63.2 cm³/mol. The first-order valence-corrected chi connectivity index (χ1v) is 6.11. The van der Waals surface area contributed by atoms with Crippen LogP contribution in [0.4, 0.5) is 5.13 Å². The SMILES string of the molecule is Cc1nc(N)sc1-c1nc(C2CC2)nn1C. The van der Waals surface area contributed by atoms with E-state index >= 15 is 0 Å². The Labute approximate surface area is 97.3 Å². The lowest BCUT2D eigenvalue weighted by molar-refractivity contribution is 0.750. The van der Waals surface area contributed by atoms with Crippen LogP contribution in [0.5, 0.6) is 0 Å². The zero-order chi connectivity index (χ0) is 11.3. The topological polar surface area (TPSA) is 69.6 Å². The minimum Gasteiger partial charge on any atom is -0.375 e. The van der Waals surface area contributed by atoms with Gasteiger partial charge in [-0.25, -0.2) is 14.6 Å². The zero-order valence-corrected chi connectivity index (χ0v) is 10.1. The van der Waals surface area contributed by atoms with Crippen molar-refractivity contribution in [1.29, 1.82) is 0 Å². The van der Waals surface area contributed by atoms with Crippen molar-refractivity contribution in [3.8, 4) is 10.7 Å². The van der Waals surface area contributed by atoms with Crippen molar-refractivity contribution in [1.82, 2.24) is 19.7 Å². The van der Waals surface area contributed by atoms with Crippen molar-refractivity contribution in [2.45, 2.75) is 25.7 Å². The maximum atomic E-state index is 5.70. The summed E-state index contributed by atoms with van der Waals surface area (Å²) >= 11 is 1.47. The molecule has 84 valence electrons. The van der Waals surface area contributed by atoms with Crippen LogP contribution < -0.4 is 5.73 Å². The molecule has 1 aliphatic rings. The van der Waals surface area contributed by atoms with Crippen LogP contribution in [0.2, 0.25) is 0 Å². The summed E-state index contributed by atoms with van der Waals surface area (Å²) in [4.78, 5) is 9.82. The van der Waals surface area contributed by atoms with Gasteiger partial charge in [-0.2, -0.15) is 5.10 Å². The summed E-state index contributed by atoms with van der Waals surface area (Å²) in [7, 11) is 1.92. The molecule has 5 nitrogen and oxygen atoms in total. The van der Waals surface area contributed by atoms with Crippen LogP contribution in [0.15, 0.2) is 0 Å². The fraction of sp³-hybridized carbons (Fsp3) is 0.500. The van der Waals surface area contributed by atoms with Gasteiger partial charge in [-0.3, -0.25) is 0 Å². The molecule has 2 aromatic heterocycles. The monoisotopic (exact) mass is 235 g/mol. The number of rotatable bonds is 2. The second-order valence-corrected chi connectivity index (χ2v) is 5.19. The molecule has 6 heteroatoms. The van der Waals surface area contributed by atoms with Gasteiger partial charge in [0.1, 0.15) is 0 Å². The molecule has 0 aliphatic heterocycles. The van der Waals surface area contributed by atoms with Crippen LogP contribution in [-0.2, 0) is 7.05 Å². The van der Waals surface area contributed by atoms with E-state index < -0.39 is 0 Å². The Morgan fingerprint density at radius 3 is 2.69 bits per heavy atom. The van der Waals surface area contributed by atoms with Crippen LogP contribution in [0.1, 0.15) is 30.3 Å². The molecule has 0 bridgehead atoms. The summed E-state index contributed by atoms with van der Waals surface area (Å²) in [5, 5.41) is 5.03. The van der Waals surface area contributed by atoms with Gasteiger partial charge in [-0.05, 0) is 19.8 Å². The van der Waals surface area contributed by atoms with Crippen molar-refractivity contribution in [3.63, 3.8) is 0 Å². The van der Waals surface area contributed by atoms with Crippen LogP contribution in [0.3, 0.4) is 0 Å². The van der Waals surface area contributed by atoms with Gasteiger partial charge in [-0.15, -0.1) is 0 Å². The summed E-state index contributed by atoms with van der Waals surface area (Å²) in [6.45, 7) is 1.95. The summed E-state index contributed by atoms with van der Waals surface area (Å²) in [5.41, 5.74) is 6.63. The predicted octanol–water partition coefficient (Wildman–Crippen LogP) is 1.71. The number of nitrogens with two attached hydrogens (primary N) is 1. The van der Waals surface area contributed by atoms with E-state index in [-0.39, 0.29) is 0 Å². The Hall–Kier alpha value is -1.43. The number of aromatic nitrogens is 4. The van der Waals surface area contributed by atoms with E-state index in [1.807, 2.05) is 18.7 Å². The van der Waals surface area contributed by atoms with Gasteiger partial charge in [-0.1, -0.05) is 11.3 Å². The van der Waals surface area contributed by atoms with Gasteiger partial charge in [0.25, 0.3) is 0 Å². The Bertz CT molecular complexity index is 537. The number of hydrogen-bond donors (Lipinski definition) is 1. The number of aryl methyl sites for hydroxylation is 2. The van der Waals surface area contributed by atoms with Crippen LogP contribution in [0.25, 0.3) is 10.7 Å². The molecule has 0 amide bonds. The smallest absolute Gasteiger partial charge is 0.180 e. The largest absolute Gasteiger partial charge is 0.375 e. The van der Waals surface area contributed by atoms with Crippen LogP contribution in [-0.4, -0.2) is 19.7 Å². The van der Waals surface area contributed by atoms with Crippen molar-refractivity contribution < 1.29 is 0 Å². The lowest BCUT2D eigenvalue weighted by Gasteiger charge is -1.95. The lowest BCUT2D eigenvalue weighted by Crippen LogP contribution is -1.94. The average molecular weight is 235 g/mol. The molecule has 1 fully saturated rings. The first kappa shape index (κ1) is 9.77. The molecule has 3 rings (SSSR count). The number of hydrogen-bond acceptors (Lipinski definition) is 5. The summed E-state index contributed by atoms with van der Waals surface area (Å²) in [6, 6.07) is 0. The Morgan fingerprint density at radius 1 is 1.38 bits per heavy atom. The van der Waals surface area contributed by atoms with Gasteiger partial charge in [0, 0.05) is 13.0 Å². The molecular weight excluding hydrogens is 222 g/mol. The Kier molecular flexibility index (Phi) is 2.00. The number of nitrogen functional groups attached to an aromatic ring is 1. The van der Waals surface area contributed by atoms with Crippen molar-refractivity contribution >= 4 is 16.5 Å². The number of anilines is 1. The maximum absolute atomic E-state index is 5.70. The van der Waals surface area contributed by atoms with E-state index in [4.69, 9.17) is 5.73 Å². The van der Waals surface area contributed by atoms with Crippen molar-refractivity contribution in [2.75, 3.05) is 5.73 Å². The molecule has 0 saturated heterocycles. The summed E-state index contributed by atoms with van der Waals surface area (Å²) < 4.78 is 1.83. The maximum Gasteiger partial charge on any atom is 0.180 e. The highest BCUT2D eigenvalue weighted by molar-refractivity contribution is 7.18. The molecule has 0 radical (unpaired) electrons. The normalized spacial score (nSPS) is 15.6. The fourth-order valence-electron chi connectivity index (χ4n) is 1.74. The highest BCUT2D eigenvalue weighted by Crippen LogP contribution is 2.39. The van der Waals surface area contributed by atoms with Gasteiger partial charge in [0.2, 0.25) is 0 Å². The summed E-state index contributed by atoms with van der Waals surface area (Å²) in [6.07, 6.45) is 2.43. The quantitative estimate of drug-likeness (QED) is 0.860. The third-order valence-electron chi connectivity index (χ3n) is 2.74. The second-order valence-electron chi connectivity index (χ2n) is 4.16. The number of nitrogens with zero attached hydrogens (tertiary/aromatic N) is 4. The van der Waals surface area contributed by atoms with Crippen molar-refractivity contribution in [2.24, 2.45) is 7.05 Å². The van der Waals surface area contributed by atoms with Gasteiger partial charge < -0.3 is 5.73 Å². The fourth-order valence-corrected chi connectivity index (χ4v) is 2.60. The average Bonchev–Trinajstić information content (AvgIpc) is 2.92. The molecule has 0 aromatic carbocycles. The van der Waals surface area contributed by atoms with E-state index in [0.717, 1.165) is 22.2 Å². The first-order chi connectivity index (χ1) is 7.65. The molecule has 1 aliphatic carbocycles. The minimum absolute atomic E-state index is 0.575. The highest BCUT2D eigenvalue weighted by Gasteiger charge is 2.29. The molecule has 1 saturated carbocycles. The first-order valence-electron chi connectivity index (χ1n) is 5.29. The van der Waals surface area contributed by atoms with Crippen LogP contribution >= 0.6 is 11.3 Å². The molecule has 0 spiro atoms. The molecule has 0 atom stereocenters. The molecule has 2 aromatic rings. The molecule has 2 N–H and O–H groups in total. The molecule has 2 heterocycles. The van der Waals surface area contributed by atoms with Gasteiger partial charge >= 0.3 is 0 Å². The Morgan fingerprint density at radius 2 is 2.12 bits per heavy atom. The van der Waals surface area contributed by atoms with Gasteiger partial charge in [0.15, 0.2) is 16.8 Å². The molecule has 16 heavy (non-hydrogen) atoms. The second kappa shape index (κ2) is 3.28. The van der Waals surface area contributed by atoms with E-state index in [1.165, 1.54) is 24.2 Å².